The van der Waals surface area contributed by atoms with Gasteiger partial charge < -0.3 is 10.8 Å². The Morgan fingerprint density at radius 2 is 1.95 bits per heavy atom. The smallest absolute Gasteiger partial charge is 0.326 e. The SMILES string of the molecule is CN(C(C)(CN)C(=O)O)S(=O)(=O)c1ccccc1[N+](=O)[O-].Cl. The van der Waals surface area contributed by atoms with Crippen molar-refractivity contribution in [3.05, 3.63) is 34.4 Å². The number of para-hydroxylation sites is 1. The number of likely N-dealkylation sites (N-methyl/N-ethyl adjacent to an activating group) is 1. The van der Waals surface area contributed by atoms with Crippen LogP contribution in [-0.4, -0.2) is 47.9 Å². The van der Waals surface area contributed by atoms with E-state index in [1.54, 1.807) is 0 Å². The lowest BCUT2D eigenvalue weighted by molar-refractivity contribution is -0.387. The Bertz CT molecular complexity index is 680. The Morgan fingerprint density at radius 1 is 1.45 bits per heavy atom. The molecule has 0 saturated carbocycles. The first-order chi connectivity index (χ1) is 9.59. The second-order valence-electron chi connectivity index (χ2n) is 4.48. The average molecular weight is 354 g/mol. The Balaban J connectivity index is 0.00000441. The van der Waals surface area contributed by atoms with Crippen molar-refractivity contribution in [3.63, 3.8) is 0 Å². The van der Waals surface area contributed by atoms with Gasteiger partial charge in [0.2, 0.25) is 0 Å². The lowest BCUT2D eigenvalue weighted by Crippen LogP contribution is -2.57. The fraction of sp³-hybridized carbons (Fsp3) is 0.364. The molecule has 9 nitrogen and oxygen atoms in total. The maximum absolute atomic E-state index is 12.5. The number of carboxylic acid groups (broad SMARTS) is 1. The first kappa shape index (κ1) is 20.2. The van der Waals surface area contributed by atoms with Crippen molar-refractivity contribution in [3.8, 4) is 0 Å². The summed E-state index contributed by atoms with van der Waals surface area (Å²) in [6.45, 7) is 0.639. The van der Waals surface area contributed by atoms with Crippen LogP contribution in [0.5, 0.6) is 0 Å². The molecular weight excluding hydrogens is 338 g/mol. The van der Waals surface area contributed by atoms with Gasteiger partial charge in [-0.25, -0.2) is 8.42 Å². The first-order valence-electron chi connectivity index (χ1n) is 5.75. The Labute approximate surface area is 133 Å². The highest BCUT2D eigenvalue weighted by molar-refractivity contribution is 7.89. The van der Waals surface area contributed by atoms with Gasteiger partial charge in [-0.3, -0.25) is 14.9 Å². The van der Waals surface area contributed by atoms with Crippen LogP contribution in [0.2, 0.25) is 0 Å². The summed E-state index contributed by atoms with van der Waals surface area (Å²) in [5, 5.41) is 20.1. The molecule has 0 saturated heterocycles. The summed E-state index contributed by atoms with van der Waals surface area (Å²) in [5.41, 5.74) is 2.82. The molecule has 0 aliphatic carbocycles. The zero-order chi connectivity index (χ0) is 16.4. The third-order valence-corrected chi connectivity index (χ3v) is 5.28. The number of nitro benzene ring substituents is 1. The van der Waals surface area contributed by atoms with Crippen molar-refractivity contribution >= 4 is 34.1 Å². The van der Waals surface area contributed by atoms with Gasteiger partial charge in [0, 0.05) is 19.7 Å². The zero-order valence-corrected chi connectivity index (χ0v) is 13.4. The molecule has 1 aromatic rings. The second-order valence-corrected chi connectivity index (χ2v) is 6.42. The van der Waals surface area contributed by atoms with Crippen LogP contribution in [-0.2, 0) is 14.8 Å². The van der Waals surface area contributed by atoms with Crippen LogP contribution < -0.4 is 5.73 Å². The standard InChI is InChI=1S/C11H15N3O6S.ClH/c1-11(7-12,10(15)16)13(2)21(19,20)9-6-4-3-5-8(9)14(17)18;/h3-6H,7,12H2,1-2H3,(H,15,16);1H. The van der Waals surface area contributed by atoms with Gasteiger partial charge in [-0.2, -0.15) is 4.31 Å². The topological polar surface area (TPSA) is 144 Å². The number of halogens is 1. The summed E-state index contributed by atoms with van der Waals surface area (Å²) in [7, 11) is -3.38. The first-order valence-corrected chi connectivity index (χ1v) is 7.19. The minimum absolute atomic E-state index is 0. The summed E-state index contributed by atoms with van der Waals surface area (Å²) in [5.74, 6) is -1.45. The summed E-state index contributed by atoms with van der Waals surface area (Å²) < 4.78 is 25.5. The molecule has 1 unspecified atom stereocenters. The minimum Gasteiger partial charge on any atom is -0.480 e. The van der Waals surface area contributed by atoms with Crippen molar-refractivity contribution in [1.29, 1.82) is 0 Å². The summed E-state index contributed by atoms with van der Waals surface area (Å²) in [4.78, 5) is 20.8. The molecule has 3 N–H and O–H groups in total. The number of sulfonamides is 1. The Kier molecular flexibility index (Phi) is 6.45. The zero-order valence-electron chi connectivity index (χ0n) is 11.8. The predicted molar refractivity (Wildman–Crippen MR) is 80.4 cm³/mol. The average Bonchev–Trinajstić information content (AvgIpc) is 2.45. The predicted octanol–water partition coefficient (Wildman–Crippen LogP) is 0.439. The van der Waals surface area contributed by atoms with Crippen molar-refractivity contribution in [1.82, 2.24) is 4.31 Å². The number of benzene rings is 1. The maximum Gasteiger partial charge on any atom is 0.326 e. The van der Waals surface area contributed by atoms with E-state index in [0.29, 0.717) is 4.31 Å². The molecule has 1 aromatic carbocycles. The van der Waals surface area contributed by atoms with Crippen LogP contribution in [0.25, 0.3) is 0 Å². The van der Waals surface area contributed by atoms with Crippen molar-refractivity contribution in [2.75, 3.05) is 13.6 Å². The monoisotopic (exact) mass is 353 g/mol. The van der Waals surface area contributed by atoms with E-state index in [-0.39, 0.29) is 12.4 Å². The number of carboxylic acids is 1. The van der Waals surface area contributed by atoms with Gasteiger partial charge >= 0.3 is 5.97 Å². The van der Waals surface area contributed by atoms with Gasteiger partial charge in [0.1, 0.15) is 5.54 Å². The maximum atomic E-state index is 12.5. The molecule has 1 rings (SSSR count). The number of nitrogens with two attached hydrogens (primary N) is 1. The van der Waals surface area contributed by atoms with Gasteiger partial charge in [-0.05, 0) is 13.0 Å². The van der Waals surface area contributed by atoms with E-state index < -0.39 is 43.6 Å². The molecule has 0 fully saturated rings. The molecule has 0 amide bonds. The number of rotatable bonds is 6. The third-order valence-electron chi connectivity index (χ3n) is 3.25. The Morgan fingerprint density at radius 3 is 2.36 bits per heavy atom. The quantitative estimate of drug-likeness (QED) is 0.557. The molecule has 124 valence electrons. The highest BCUT2D eigenvalue weighted by atomic mass is 35.5. The minimum atomic E-state index is -4.40. The summed E-state index contributed by atoms with van der Waals surface area (Å²) in [6.07, 6.45) is 0. The summed E-state index contributed by atoms with van der Waals surface area (Å²) in [6, 6.07) is 4.70. The molecular formula is C11H16ClN3O6S. The molecule has 11 heteroatoms. The molecule has 0 heterocycles. The fourth-order valence-corrected chi connectivity index (χ4v) is 3.23. The van der Waals surface area contributed by atoms with Crippen LogP contribution in [0.15, 0.2) is 29.2 Å². The molecule has 0 aromatic heterocycles. The van der Waals surface area contributed by atoms with Gasteiger partial charge in [-0.1, -0.05) is 12.1 Å². The number of nitro groups is 1. The highest BCUT2D eigenvalue weighted by Gasteiger charge is 2.44. The molecule has 0 aliphatic heterocycles. The fourth-order valence-electron chi connectivity index (χ4n) is 1.59. The van der Waals surface area contributed by atoms with E-state index in [0.717, 1.165) is 26.1 Å². The Hall–Kier alpha value is -1.75. The molecule has 22 heavy (non-hydrogen) atoms. The van der Waals surface area contributed by atoms with Gasteiger partial charge in [-0.15, -0.1) is 12.4 Å². The molecule has 1 atom stereocenters. The van der Waals surface area contributed by atoms with E-state index in [1.807, 2.05) is 0 Å². The van der Waals surface area contributed by atoms with Crippen LogP contribution in [0.4, 0.5) is 5.69 Å². The highest BCUT2D eigenvalue weighted by Crippen LogP contribution is 2.29. The van der Waals surface area contributed by atoms with E-state index in [1.165, 1.54) is 12.1 Å². The van der Waals surface area contributed by atoms with Crippen LogP contribution in [0.1, 0.15) is 6.92 Å². The largest absolute Gasteiger partial charge is 0.480 e. The number of aliphatic carboxylic acids is 1. The van der Waals surface area contributed by atoms with E-state index in [2.05, 4.69) is 0 Å². The molecule has 0 radical (unpaired) electrons. The van der Waals surface area contributed by atoms with Crippen molar-refractivity contribution in [2.45, 2.75) is 17.4 Å². The lowest BCUT2D eigenvalue weighted by Gasteiger charge is -2.32. The lowest BCUT2D eigenvalue weighted by atomic mass is 10.0. The van der Waals surface area contributed by atoms with Gasteiger partial charge in [0.05, 0.1) is 4.92 Å². The van der Waals surface area contributed by atoms with Gasteiger partial charge in [0.15, 0.2) is 4.90 Å². The number of hydrogen-bond donors (Lipinski definition) is 2. The van der Waals surface area contributed by atoms with Gasteiger partial charge in [0.25, 0.3) is 15.7 Å². The van der Waals surface area contributed by atoms with Crippen LogP contribution >= 0.6 is 12.4 Å². The summed E-state index contributed by atoms with van der Waals surface area (Å²) >= 11 is 0. The van der Waals surface area contributed by atoms with Crippen LogP contribution in [0.3, 0.4) is 0 Å². The molecule has 0 spiro atoms. The van der Waals surface area contributed by atoms with Crippen molar-refractivity contribution in [2.24, 2.45) is 5.73 Å². The number of carbonyl (C=O) groups is 1. The molecule has 0 bridgehead atoms. The van der Waals surface area contributed by atoms with Crippen molar-refractivity contribution < 1.29 is 23.2 Å². The van der Waals surface area contributed by atoms with E-state index in [4.69, 9.17) is 5.73 Å². The van der Waals surface area contributed by atoms with E-state index >= 15 is 0 Å². The third kappa shape index (κ3) is 3.35. The number of hydrogen-bond acceptors (Lipinski definition) is 6. The van der Waals surface area contributed by atoms with Crippen LogP contribution in [0, 0.1) is 10.1 Å². The number of nitrogens with zero attached hydrogens (tertiary/aromatic N) is 2. The normalized spacial score (nSPS) is 14.0. The second kappa shape index (κ2) is 7.01. The van der Waals surface area contributed by atoms with E-state index in [9.17, 15) is 28.4 Å². The molecule has 0 aliphatic rings.